The molecule has 0 saturated carbocycles. The molecule has 0 atom stereocenters. The largest absolute Gasteiger partial charge is 0.493 e. The van der Waals surface area contributed by atoms with Crippen molar-refractivity contribution >= 4 is 35.5 Å². The smallest absolute Gasteiger partial charge is 0.270 e. The van der Waals surface area contributed by atoms with Gasteiger partial charge in [-0.1, -0.05) is 36.4 Å². The fourth-order valence-corrected chi connectivity index (χ4v) is 3.17. The Morgan fingerprint density at radius 1 is 0.824 bits per heavy atom. The van der Waals surface area contributed by atoms with E-state index in [0.717, 1.165) is 11.1 Å². The molecule has 0 bridgehead atoms. The molecule has 0 unspecified atom stereocenters. The number of ether oxygens (including phenoxy) is 3. The topological polar surface area (TPSA) is 99.9 Å². The second-order valence-corrected chi connectivity index (χ2v) is 7.09. The van der Waals surface area contributed by atoms with E-state index in [1.807, 2.05) is 36.4 Å². The number of rotatable bonds is 9. The molecule has 34 heavy (non-hydrogen) atoms. The lowest BCUT2D eigenvalue weighted by atomic mass is 10.1. The number of nitro benzene ring substituents is 1. The zero-order valence-electron chi connectivity index (χ0n) is 19.0. The van der Waals surface area contributed by atoms with Gasteiger partial charge in [-0.25, -0.2) is 0 Å². The van der Waals surface area contributed by atoms with Gasteiger partial charge in [-0.2, -0.15) is 0 Å². The standard InChI is InChI=1S/C26H24N2O6/c1-32-23-16-20(17-24(33-2)26(23)34-3)8-7-18-9-12-21(13-10-18)27-25(29)14-11-19-5-4-6-22(15-19)28(30)31/h4-17H,1-3H3,(H,27,29)/b8-7?,14-11+. The highest BCUT2D eigenvalue weighted by molar-refractivity contribution is 6.02. The van der Waals surface area contributed by atoms with Crippen LogP contribution in [0.1, 0.15) is 16.7 Å². The second kappa shape index (κ2) is 11.3. The normalized spacial score (nSPS) is 10.9. The van der Waals surface area contributed by atoms with Crippen molar-refractivity contribution in [1.29, 1.82) is 0 Å². The van der Waals surface area contributed by atoms with Crippen LogP contribution in [-0.4, -0.2) is 32.2 Å². The second-order valence-electron chi connectivity index (χ2n) is 7.09. The third-order valence-corrected chi connectivity index (χ3v) is 4.84. The molecule has 1 N–H and O–H groups in total. The van der Waals surface area contributed by atoms with Crippen molar-refractivity contribution in [3.05, 3.63) is 93.5 Å². The summed E-state index contributed by atoms with van der Waals surface area (Å²) >= 11 is 0. The first-order valence-corrected chi connectivity index (χ1v) is 10.2. The SMILES string of the molecule is COc1cc(C=Cc2ccc(NC(=O)/C=C/c3cccc([N+](=O)[O-])c3)cc2)cc(OC)c1OC. The molecule has 0 aromatic heterocycles. The fraction of sp³-hybridized carbons (Fsp3) is 0.115. The van der Waals surface area contributed by atoms with E-state index < -0.39 is 4.92 Å². The number of anilines is 1. The van der Waals surface area contributed by atoms with Crippen molar-refractivity contribution in [2.24, 2.45) is 0 Å². The minimum Gasteiger partial charge on any atom is -0.493 e. The molecule has 1 amide bonds. The lowest BCUT2D eigenvalue weighted by molar-refractivity contribution is -0.384. The maximum atomic E-state index is 12.2. The molecule has 0 aliphatic heterocycles. The predicted octanol–water partition coefficient (Wildman–Crippen LogP) is 5.44. The average Bonchev–Trinajstić information content (AvgIpc) is 2.86. The van der Waals surface area contributed by atoms with Crippen LogP contribution in [0, 0.1) is 10.1 Å². The Kier molecular flexibility index (Phi) is 8.02. The van der Waals surface area contributed by atoms with Gasteiger partial charge in [-0.05, 0) is 47.0 Å². The predicted molar refractivity (Wildman–Crippen MR) is 132 cm³/mol. The number of nitrogens with zero attached hydrogens (tertiary/aromatic N) is 1. The van der Waals surface area contributed by atoms with E-state index in [1.54, 1.807) is 45.6 Å². The van der Waals surface area contributed by atoms with Gasteiger partial charge in [0.25, 0.3) is 5.69 Å². The summed E-state index contributed by atoms with van der Waals surface area (Å²) in [5, 5.41) is 13.6. The number of carbonyl (C=O) groups is 1. The van der Waals surface area contributed by atoms with Crippen LogP contribution < -0.4 is 19.5 Å². The Bertz CT molecular complexity index is 1210. The Balaban J connectivity index is 1.65. The van der Waals surface area contributed by atoms with Gasteiger partial charge in [0.15, 0.2) is 11.5 Å². The highest BCUT2D eigenvalue weighted by atomic mass is 16.6. The Hall–Kier alpha value is -4.59. The summed E-state index contributed by atoms with van der Waals surface area (Å²) in [6.45, 7) is 0. The number of carbonyl (C=O) groups excluding carboxylic acids is 1. The molecule has 0 heterocycles. The minimum atomic E-state index is -0.477. The van der Waals surface area contributed by atoms with Gasteiger partial charge >= 0.3 is 0 Å². The van der Waals surface area contributed by atoms with E-state index >= 15 is 0 Å². The zero-order chi connectivity index (χ0) is 24.5. The van der Waals surface area contributed by atoms with Crippen LogP contribution in [0.2, 0.25) is 0 Å². The van der Waals surface area contributed by atoms with Gasteiger partial charge in [0.2, 0.25) is 11.7 Å². The summed E-state index contributed by atoms with van der Waals surface area (Å²) in [7, 11) is 4.69. The van der Waals surface area contributed by atoms with Crippen molar-refractivity contribution in [2.45, 2.75) is 0 Å². The zero-order valence-corrected chi connectivity index (χ0v) is 19.0. The van der Waals surface area contributed by atoms with Crippen LogP contribution in [0.4, 0.5) is 11.4 Å². The molecule has 0 aliphatic carbocycles. The van der Waals surface area contributed by atoms with Crippen molar-refractivity contribution in [2.75, 3.05) is 26.6 Å². The third-order valence-electron chi connectivity index (χ3n) is 4.84. The third kappa shape index (κ3) is 6.23. The van der Waals surface area contributed by atoms with Crippen LogP contribution in [0.3, 0.4) is 0 Å². The van der Waals surface area contributed by atoms with Gasteiger partial charge in [0.1, 0.15) is 0 Å². The fourth-order valence-electron chi connectivity index (χ4n) is 3.17. The molecule has 8 nitrogen and oxygen atoms in total. The number of methoxy groups -OCH3 is 3. The van der Waals surface area contributed by atoms with E-state index in [9.17, 15) is 14.9 Å². The molecular formula is C26H24N2O6. The molecule has 3 rings (SSSR count). The number of hydrogen-bond donors (Lipinski definition) is 1. The molecule has 0 radical (unpaired) electrons. The summed E-state index contributed by atoms with van der Waals surface area (Å²) < 4.78 is 16.1. The van der Waals surface area contributed by atoms with Crippen molar-refractivity contribution in [1.82, 2.24) is 0 Å². The number of nitrogens with one attached hydrogen (secondary N) is 1. The lowest BCUT2D eigenvalue weighted by Crippen LogP contribution is -2.07. The molecule has 8 heteroatoms. The number of benzene rings is 3. The summed E-state index contributed by atoms with van der Waals surface area (Å²) in [4.78, 5) is 22.6. The van der Waals surface area contributed by atoms with E-state index in [1.165, 1.54) is 24.3 Å². The number of nitro groups is 1. The van der Waals surface area contributed by atoms with Crippen molar-refractivity contribution < 1.29 is 23.9 Å². The molecule has 3 aromatic carbocycles. The van der Waals surface area contributed by atoms with Crippen LogP contribution in [0.5, 0.6) is 17.2 Å². The molecule has 0 saturated heterocycles. The Morgan fingerprint density at radius 3 is 2.06 bits per heavy atom. The van der Waals surface area contributed by atoms with Crippen LogP contribution in [-0.2, 0) is 4.79 Å². The molecule has 0 fully saturated rings. The van der Waals surface area contributed by atoms with Crippen molar-refractivity contribution in [3.8, 4) is 17.2 Å². The number of amides is 1. The minimum absolute atomic E-state index is 0.0299. The van der Waals surface area contributed by atoms with Gasteiger partial charge in [-0.15, -0.1) is 0 Å². The highest BCUT2D eigenvalue weighted by Crippen LogP contribution is 2.38. The number of non-ortho nitro benzene ring substituents is 1. The van der Waals surface area contributed by atoms with Crippen molar-refractivity contribution in [3.63, 3.8) is 0 Å². The van der Waals surface area contributed by atoms with E-state index in [2.05, 4.69) is 5.32 Å². The molecule has 174 valence electrons. The molecule has 0 aliphatic rings. The summed E-state index contributed by atoms with van der Waals surface area (Å²) in [5.41, 5.74) is 2.96. The summed E-state index contributed by atoms with van der Waals surface area (Å²) in [6, 6.07) is 17.1. The first-order chi connectivity index (χ1) is 16.4. The van der Waals surface area contributed by atoms with Gasteiger partial charge < -0.3 is 19.5 Å². The van der Waals surface area contributed by atoms with Crippen LogP contribution in [0.25, 0.3) is 18.2 Å². The average molecular weight is 460 g/mol. The molecular weight excluding hydrogens is 436 g/mol. The summed E-state index contributed by atoms with van der Waals surface area (Å²) in [6.07, 6.45) is 6.70. The van der Waals surface area contributed by atoms with E-state index in [-0.39, 0.29) is 11.6 Å². The Morgan fingerprint density at radius 2 is 1.47 bits per heavy atom. The quantitative estimate of drug-likeness (QED) is 0.197. The van der Waals surface area contributed by atoms with Gasteiger partial charge in [0.05, 0.1) is 26.3 Å². The monoisotopic (exact) mass is 460 g/mol. The summed E-state index contributed by atoms with van der Waals surface area (Å²) in [5.74, 6) is 1.32. The first kappa shape index (κ1) is 24.1. The maximum Gasteiger partial charge on any atom is 0.270 e. The van der Waals surface area contributed by atoms with Gasteiger partial charge in [-0.3, -0.25) is 14.9 Å². The Labute approximate surface area is 197 Å². The molecule has 0 spiro atoms. The maximum absolute atomic E-state index is 12.2. The number of hydrogen-bond acceptors (Lipinski definition) is 6. The first-order valence-electron chi connectivity index (χ1n) is 10.2. The molecule has 3 aromatic rings. The lowest BCUT2D eigenvalue weighted by Gasteiger charge is -2.12. The van der Waals surface area contributed by atoms with E-state index in [0.29, 0.717) is 28.5 Å². The highest BCUT2D eigenvalue weighted by Gasteiger charge is 2.12. The van der Waals surface area contributed by atoms with E-state index in [4.69, 9.17) is 14.2 Å². The van der Waals surface area contributed by atoms with Crippen LogP contribution >= 0.6 is 0 Å². The van der Waals surface area contributed by atoms with Crippen LogP contribution in [0.15, 0.2) is 66.7 Å². The van der Waals surface area contributed by atoms with Gasteiger partial charge in [0, 0.05) is 23.9 Å².